The molecular weight excluding hydrogens is 332 g/mol. The standard InChI is InChI=1S/C13H17ClN2O5S/c1-16-7-9(21-8-13(16)17)6-15-22(18,19)10-3-4-12(20-2)11(14)5-10/h3-5,9,15H,6-8H2,1-2H3. The average molecular weight is 349 g/mol. The lowest BCUT2D eigenvalue weighted by Crippen LogP contribution is -2.48. The number of morpholine rings is 1. The first-order chi connectivity index (χ1) is 10.3. The zero-order valence-corrected chi connectivity index (χ0v) is 13.8. The van der Waals surface area contributed by atoms with Gasteiger partial charge in [0.1, 0.15) is 12.4 Å². The molecule has 1 N–H and O–H groups in total. The molecule has 1 unspecified atom stereocenters. The first kappa shape index (κ1) is 17.0. The van der Waals surface area contributed by atoms with E-state index in [-0.39, 0.29) is 35.1 Å². The highest BCUT2D eigenvalue weighted by atomic mass is 35.5. The van der Waals surface area contributed by atoms with Crippen LogP contribution < -0.4 is 9.46 Å². The Morgan fingerprint density at radius 3 is 2.82 bits per heavy atom. The van der Waals surface area contributed by atoms with E-state index >= 15 is 0 Å². The molecule has 1 saturated heterocycles. The van der Waals surface area contributed by atoms with E-state index in [1.807, 2.05) is 0 Å². The van der Waals surface area contributed by atoms with Crippen molar-refractivity contribution in [1.82, 2.24) is 9.62 Å². The molecule has 0 aliphatic carbocycles. The van der Waals surface area contributed by atoms with Crippen LogP contribution in [0.5, 0.6) is 5.75 Å². The number of ether oxygens (including phenoxy) is 2. The van der Waals surface area contributed by atoms with E-state index in [4.69, 9.17) is 21.1 Å². The Morgan fingerprint density at radius 2 is 2.23 bits per heavy atom. The van der Waals surface area contributed by atoms with Gasteiger partial charge in [-0.3, -0.25) is 4.79 Å². The molecule has 2 rings (SSSR count). The predicted octanol–water partition coefficient (Wildman–Crippen LogP) is 0.484. The number of likely N-dealkylation sites (N-methyl/N-ethyl adjacent to an activating group) is 1. The number of rotatable bonds is 5. The number of methoxy groups -OCH3 is 1. The van der Waals surface area contributed by atoms with Crippen molar-refractivity contribution in [2.75, 3.05) is 33.9 Å². The molecule has 0 aromatic heterocycles. The fraction of sp³-hybridized carbons (Fsp3) is 0.462. The van der Waals surface area contributed by atoms with Gasteiger partial charge in [-0.15, -0.1) is 0 Å². The Kier molecular flexibility index (Phi) is 5.28. The monoisotopic (exact) mass is 348 g/mol. The Bertz CT molecular complexity index is 664. The normalized spacial score (nSPS) is 19.3. The summed E-state index contributed by atoms with van der Waals surface area (Å²) < 4.78 is 37.2. The van der Waals surface area contributed by atoms with Crippen molar-refractivity contribution in [3.05, 3.63) is 23.2 Å². The summed E-state index contributed by atoms with van der Waals surface area (Å²) in [5.41, 5.74) is 0. The topological polar surface area (TPSA) is 84.9 Å². The second-order valence-electron chi connectivity index (χ2n) is 4.86. The Hall–Kier alpha value is -1.35. The fourth-order valence-electron chi connectivity index (χ4n) is 1.98. The number of halogens is 1. The van der Waals surface area contributed by atoms with Gasteiger partial charge in [0.15, 0.2) is 0 Å². The molecule has 1 heterocycles. The summed E-state index contributed by atoms with van der Waals surface area (Å²) in [6, 6.07) is 4.21. The van der Waals surface area contributed by atoms with Gasteiger partial charge in [-0.05, 0) is 18.2 Å². The van der Waals surface area contributed by atoms with Gasteiger partial charge in [-0.2, -0.15) is 0 Å². The maximum atomic E-state index is 12.2. The molecule has 1 amide bonds. The highest BCUT2D eigenvalue weighted by molar-refractivity contribution is 7.89. The van der Waals surface area contributed by atoms with Crippen LogP contribution >= 0.6 is 11.6 Å². The molecule has 1 atom stereocenters. The van der Waals surface area contributed by atoms with Crippen LogP contribution in [0.1, 0.15) is 0 Å². The van der Waals surface area contributed by atoms with E-state index in [1.165, 1.54) is 30.2 Å². The smallest absolute Gasteiger partial charge is 0.248 e. The third kappa shape index (κ3) is 3.89. The van der Waals surface area contributed by atoms with E-state index in [0.29, 0.717) is 12.3 Å². The van der Waals surface area contributed by atoms with E-state index in [1.54, 1.807) is 7.05 Å². The first-order valence-electron chi connectivity index (χ1n) is 6.52. The molecule has 0 bridgehead atoms. The van der Waals surface area contributed by atoms with Gasteiger partial charge in [0.25, 0.3) is 0 Å². The third-order valence-corrected chi connectivity index (χ3v) is 5.00. The maximum Gasteiger partial charge on any atom is 0.248 e. The Morgan fingerprint density at radius 1 is 1.50 bits per heavy atom. The molecule has 0 radical (unpaired) electrons. The summed E-state index contributed by atoms with van der Waals surface area (Å²) in [5, 5.41) is 0.213. The molecule has 7 nitrogen and oxygen atoms in total. The highest BCUT2D eigenvalue weighted by Gasteiger charge is 2.25. The van der Waals surface area contributed by atoms with Crippen LogP contribution in [0.25, 0.3) is 0 Å². The second kappa shape index (κ2) is 6.82. The zero-order chi connectivity index (χ0) is 16.3. The third-order valence-electron chi connectivity index (χ3n) is 3.28. The summed E-state index contributed by atoms with van der Waals surface area (Å²) in [7, 11) is -0.613. The minimum absolute atomic E-state index is 0.0403. The lowest BCUT2D eigenvalue weighted by atomic mass is 10.3. The molecule has 122 valence electrons. The first-order valence-corrected chi connectivity index (χ1v) is 8.38. The lowest BCUT2D eigenvalue weighted by Gasteiger charge is -2.29. The predicted molar refractivity (Wildman–Crippen MR) is 80.6 cm³/mol. The summed E-state index contributed by atoms with van der Waals surface area (Å²) in [4.78, 5) is 12.8. The summed E-state index contributed by atoms with van der Waals surface area (Å²) >= 11 is 5.93. The van der Waals surface area contributed by atoms with Gasteiger partial charge in [0.05, 0.1) is 23.1 Å². The number of amides is 1. The number of hydrogen-bond acceptors (Lipinski definition) is 5. The van der Waals surface area contributed by atoms with Gasteiger partial charge in [-0.1, -0.05) is 11.6 Å². The number of nitrogens with zero attached hydrogens (tertiary/aromatic N) is 1. The molecule has 9 heteroatoms. The maximum absolute atomic E-state index is 12.2. The van der Waals surface area contributed by atoms with Gasteiger partial charge in [0, 0.05) is 20.1 Å². The van der Waals surface area contributed by atoms with Gasteiger partial charge < -0.3 is 14.4 Å². The Labute approximate surface area is 134 Å². The fourth-order valence-corrected chi connectivity index (χ4v) is 3.40. The average Bonchev–Trinajstić information content (AvgIpc) is 2.48. The van der Waals surface area contributed by atoms with Gasteiger partial charge in [0.2, 0.25) is 15.9 Å². The summed E-state index contributed by atoms with van der Waals surface area (Å²) in [6.07, 6.45) is -0.383. The van der Waals surface area contributed by atoms with Crippen molar-refractivity contribution in [3.8, 4) is 5.75 Å². The Balaban J connectivity index is 2.02. The molecular formula is C13H17ClN2O5S. The number of benzene rings is 1. The van der Waals surface area contributed by atoms with Gasteiger partial charge in [-0.25, -0.2) is 13.1 Å². The largest absolute Gasteiger partial charge is 0.495 e. The van der Waals surface area contributed by atoms with Crippen LogP contribution in [-0.4, -0.2) is 59.2 Å². The summed E-state index contributed by atoms with van der Waals surface area (Å²) in [6.45, 7) is 0.367. The van der Waals surface area contributed by atoms with Crippen molar-refractivity contribution >= 4 is 27.5 Å². The highest BCUT2D eigenvalue weighted by Crippen LogP contribution is 2.26. The lowest BCUT2D eigenvalue weighted by molar-refractivity contribution is -0.146. The molecule has 1 aromatic rings. The van der Waals surface area contributed by atoms with Crippen molar-refractivity contribution in [2.24, 2.45) is 0 Å². The number of hydrogen-bond donors (Lipinski definition) is 1. The molecule has 22 heavy (non-hydrogen) atoms. The van der Waals surface area contributed by atoms with Crippen molar-refractivity contribution in [3.63, 3.8) is 0 Å². The number of carbonyl (C=O) groups is 1. The molecule has 0 spiro atoms. The van der Waals surface area contributed by atoms with E-state index in [9.17, 15) is 13.2 Å². The minimum Gasteiger partial charge on any atom is -0.495 e. The van der Waals surface area contributed by atoms with Crippen molar-refractivity contribution < 1.29 is 22.7 Å². The number of nitrogens with one attached hydrogen (secondary N) is 1. The molecule has 0 saturated carbocycles. The quantitative estimate of drug-likeness (QED) is 0.836. The van der Waals surface area contributed by atoms with Crippen LogP contribution in [0.3, 0.4) is 0 Å². The van der Waals surface area contributed by atoms with Crippen LogP contribution in [0, 0.1) is 0 Å². The number of carbonyl (C=O) groups excluding carboxylic acids is 1. The van der Waals surface area contributed by atoms with E-state index < -0.39 is 10.0 Å². The molecule has 1 aromatic carbocycles. The van der Waals surface area contributed by atoms with Crippen LogP contribution in [0.2, 0.25) is 5.02 Å². The van der Waals surface area contributed by atoms with Crippen LogP contribution in [-0.2, 0) is 19.6 Å². The van der Waals surface area contributed by atoms with Crippen LogP contribution in [0.4, 0.5) is 0 Å². The molecule has 1 fully saturated rings. The molecule has 1 aliphatic rings. The molecule has 1 aliphatic heterocycles. The second-order valence-corrected chi connectivity index (χ2v) is 7.03. The number of sulfonamides is 1. The SMILES string of the molecule is COc1ccc(S(=O)(=O)NCC2CN(C)C(=O)CO2)cc1Cl. The minimum atomic E-state index is -3.71. The van der Waals surface area contributed by atoms with Crippen molar-refractivity contribution in [2.45, 2.75) is 11.0 Å². The van der Waals surface area contributed by atoms with E-state index in [0.717, 1.165) is 0 Å². The zero-order valence-electron chi connectivity index (χ0n) is 12.2. The summed E-state index contributed by atoms with van der Waals surface area (Å²) in [5.74, 6) is 0.275. The van der Waals surface area contributed by atoms with Crippen LogP contribution in [0.15, 0.2) is 23.1 Å². The van der Waals surface area contributed by atoms with Crippen molar-refractivity contribution in [1.29, 1.82) is 0 Å². The van der Waals surface area contributed by atoms with E-state index in [2.05, 4.69) is 4.72 Å². The van der Waals surface area contributed by atoms with Gasteiger partial charge >= 0.3 is 0 Å².